The fraction of sp³-hybridized carbons (Fsp3) is 0.700. The van der Waals surface area contributed by atoms with E-state index >= 15 is 0 Å². The molecule has 8 heteroatoms. The van der Waals surface area contributed by atoms with Crippen LogP contribution in [0.2, 0.25) is 5.02 Å². The van der Waals surface area contributed by atoms with Gasteiger partial charge in [0.1, 0.15) is 0 Å². The first-order valence-electron chi connectivity index (χ1n) is 8.93. The van der Waals surface area contributed by atoms with E-state index in [9.17, 15) is 8.42 Å². The van der Waals surface area contributed by atoms with Gasteiger partial charge in [-0.1, -0.05) is 58.9 Å². The van der Waals surface area contributed by atoms with Gasteiger partial charge in [-0.05, 0) is 47.9 Å². The Hall–Kier alpha value is -0.700. The number of rotatable bonds is 6. The van der Waals surface area contributed by atoms with Crippen LogP contribution in [-0.2, 0) is 10.0 Å². The third-order valence-electron chi connectivity index (χ3n) is 5.21. The number of sulfonamides is 1. The summed E-state index contributed by atoms with van der Waals surface area (Å²) in [6.45, 7) is 11.4. The first-order chi connectivity index (χ1) is 11.5. The molecule has 1 aromatic rings. The smallest absolute Gasteiger partial charge is 0.209 e. The zero-order chi connectivity index (χ0) is 18.8. The predicted octanol–water partition coefficient (Wildman–Crippen LogP) is 2.72. The highest BCUT2D eigenvalue weighted by Gasteiger charge is 2.37. The summed E-state index contributed by atoms with van der Waals surface area (Å²) >= 11 is 6.02. The van der Waals surface area contributed by atoms with Crippen molar-refractivity contribution in [2.75, 3.05) is 25.9 Å². The summed E-state index contributed by atoms with van der Waals surface area (Å²) in [5.74, 6) is 0.744. The number of piperidine rings is 1. The van der Waals surface area contributed by atoms with Gasteiger partial charge in [0.15, 0.2) is 0 Å². The minimum atomic E-state index is -3.19. The normalized spacial score (nSPS) is 20.5. The molecule has 6 nitrogen and oxygen atoms in total. The van der Waals surface area contributed by atoms with Crippen molar-refractivity contribution < 1.29 is 19.4 Å². The molecule has 0 amide bonds. The first-order valence-corrected chi connectivity index (χ1v) is 11.2. The van der Waals surface area contributed by atoms with Crippen LogP contribution in [0.3, 0.4) is 0 Å². The maximum Gasteiger partial charge on any atom is 0.209 e. The molecule has 1 saturated heterocycles. The van der Waals surface area contributed by atoms with Gasteiger partial charge in [0, 0.05) is 24.2 Å². The molecule has 0 saturated carbocycles. The molecule has 28 heavy (non-hydrogen) atoms. The van der Waals surface area contributed by atoms with E-state index in [1.165, 1.54) is 11.8 Å². The summed E-state index contributed by atoms with van der Waals surface area (Å²) in [6.07, 6.45) is 2.30. The Morgan fingerprint density at radius 1 is 1.21 bits per heavy atom. The van der Waals surface area contributed by atoms with Gasteiger partial charge in [0.05, 0.1) is 6.26 Å². The number of nitrogens with zero attached hydrogens (tertiary/aromatic N) is 1. The van der Waals surface area contributed by atoms with Crippen molar-refractivity contribution in [3.05, 3.63) is 34.9 Å². The monoisotopic (exact) mass is 438 g/mol. The van der Waals surface area contributed by atoms with Gasteiger partial charge in [-0.2, -0.15) is 0 Å². The number of halogens is 1. The highest BCUT2D eigenvalue weighted by molar-refractivity contribution is 7.88. The van der Waals surface area contributed by atoms with E-state index in [0.717, 1.165) is 31.1 Å². The first kappa shape index (κ1) is 29.5. The van der Waals surface area contributed by atoms with E-state index < -0.39 is 10.0 Å². The van der Waals surface area contributed by atoms with Gasteiger partial charge < -0.3 is 15.9 Å². The Morgan fingerprint density at radius 3 is 2.18 bits per heavy atom. The largest absolute Gasteiger partial charge is 0.412 e. The van der Waals surface area contributed by atoms with E-state index in [2.05, 4.69) is 49.4 Å². The second kappa shape index (κ2) is 11.5. The predicted molar refractivity (Wildman–Crippen MR) is 120 cm³/mol. The van der Waals surface area contributed by atoms with Gasteiger partial charge >= 0.3 is 0 Å². The Balaban J connectivity index is 0. The lowest BCUT2D eigenvalue weighted by Gasteiger charge is -2.46. The van der Waals surface area contributed by atoms with Gasteiger partial charge in [0.25, 0.3) is 0 Å². The third-order valence-corrected chi connectivity index (χ3v) is 6.19. The highest BCUT2D eigenvalue weighted by Crippen LogP contribution is 2.42. The van der Waals surface area contributed by atoms with Crippen molar-refractivity contribution in [3.8, 4) is 0 Å². The van der Waals surface area contributed by atoms with Crippen LogP contribution < -0.4 is 4.72 Å². The maximum absolute atomic E-state index is 11.6. The molecule has 0 bridgehead atoms. The number of likely N-dealkylation sites (tertiary alicyclic amines) is 1. The molecular formula is C20H39ClN2O4S. The second-order valence-electron chi connectivity index (χ2n) is 8.36. The van der Waals surface area contributed by atoms with Crippen LogP contribution in [0, 0.1) is 11.3 Å². The molecule has 1 aromatic carbocycles. The van der Waals surface area contributed by atoms with Crippen LogP contribution in [0.4, 0.5) is 0 Å². The molecular weight excluding hydrogens is 400 g/mol. The number of hydrogen-bond acceptors (Lipinski definition) is 3. The summed E-state index contributed by atoms with van der Waals surface area (Å²) in [6, 6.07) is 8.13. The maximum atomic E-state index is 11.6. The molecule has 0 aromatic heterocycles. The standard InChI is InChI=1S/C19H31ClN2O2S.CH4.2H2O/c1-14(2)18(21-25(5,23)24)12-22-11-10-17(19(3,4)13-22)15-6-8-16(20)9-7-15;;;/h6-9,14,17-18,21H,10-13H2,1-5H3;1H4;2*1H2/t17-,18+;;;/m1.../s1. The van der Waals surface area contributed by atoms with Gasteiger partial charge in [-0.15, -0.1) is 0 Å². The lowest BCUT2D eigenvalue weighted by atomic mass is 9.70. The van der Waals surface area contributed by atoms with Crippen LogP contribution in [0.5, 0.6) is 0 Å². The minimum Gasteiger partial charge on any atom is -0.412 e. The topological polar surface area (TPSA) is 112 Å². The van der Waals surface area contributed by atoms with Crippen molar-refractivity contribution in [3.63, 3.8) is 0 Å². The SMILES string of the molecule is C.CC(C)[C@H](CN1CC[C@H](c2ccc(Cl)cc2)C(C)(C)C1)NS(C)(=O)=O.O.O. The van der Waals surface area contributed by atoms with Crippen molar-refractivity contribution in [1.29, 1.82) is 0 Å². The van der Waals surface area contributed by atoms with Gasteiger partial charge in [-0.3, -0.25) is 0 Å². The van der Waals surface area contributed by atoms with Crippen molar-refractivity contribution in [1.82, 2.24) is 9.62 Å². The van der Waals surface area contributed by atoms with Crippen LogP contribution in [-0.4, -0.2) is 56.2 Å². The van der Waals surface area contributed by atoms with Crippen LogP contribution >= 0.6 is 11.6 Å². The van der Waals surface area contributed by atoms with Crippen molar-refractivity contribution in [2.45, 2.75) is 53.5 Å². The van der Waals surface area contributed by atoms with Gasteiger partial charge in [0.2, 0.25) is 10.0 Å². The molecule has 5 N–H and O–H groups in total. The molecule has 1 aliphatic rings. The lowest BCUT2D eigenvalue weighted by molar-refractivity contribution is 0.0823. The Labute approximate surface area is 176 Å². The van der Waals surface area contributed by atoms with Crippen LogP contribution in [0.15, 0.2) is 24.3 Å². The molecule has 2 rings (SSSR count). The minimum absolute atomic E-state index is 0. The zero-order valence-electron chi connectivity index (χ0n) is 16.9. The Morgan fingerprint density at radius 2 is 1.75 bits per heavy atom. The molecule has 1 heterocycles. The molecule has 2 atom stereocenters. The van der Waals surface area contributed by atoms with Crippen LogP contribution in [0.1, 0.15) is 53.0 Å². The number of hydrogen-bond donors (Lipinski definition) is 1. The summed E-state index contributed by atoms with van der Waals surface area (Å²) < 4.78 is 26.1. The Kier molecular flexibility index (Phi) is 12.1. The molecule has 0 aliphatic carbocycles. The van der Waals surface area contributed by atoms with E-state index in [1.807, 2.05) is 12.1 Å². The lowest BCUT2D eigenvalue weighted by Crippen LogP contribution is -2.51. The third kappa shape index (κ3) is 8.35. The van der Waals surface area contributed by atoms with Crippen LogP contribution in [0.25, 0.3) is 0 Å². The average molecular weight is 439 g/mol. The quantitative estimate of drug-likeness (QED) is 0.736. The summed E-state index contributed by atoms with van der Waals surface area (Å²) in [5, 5.41) is 0.769. The van der Waals surface area contributed by atoms with Crippen molar-refractivity contribution in [2.24, 2.45) is 11.3 Å². The van der Waals surface area contributed by atoms with E-state index in [-0.39, 0.29) is 35.8 Å². The second-order valence-corrected chi connectivity index (χ2v) is 10.6. The molecule has 166 valence electrons. The average Bonchev–Trinajstić information content (AvgIpc) is 2.45. The van der Waals surface area contributed by atoms with E-state index in [1.54, 1.807) is 0 Å². The van der Waals surface area contributed by atoms with Gasteiger partial charge in [-0.25, -0.2) is 13.1 Å². The number of nitrogens with one attached hydrogen (secondary N) is 1. The highest BCUT2D eigenvalue weighted by atomic mass is 35.5. The Bertz CT molecular complexity index is 678. The molecule has 1 fully saturated rings. The summed E-state index contributed by atoms with van der Waals surface area (Å²) in [4.78, 5) is 2.40. The zero-order valence-corrected chi connectivity index (χ0v) is 18.5. The fourth-order valence-electron chi connectivity index (χ4n) is 3.87. The molecule has 1 aliphatic heterocycles. The summed E-state index contributed by atoms with van der Waals surface area (Å²) in [7, 11) is -3.19. The number of benzene rings is 1. The molecule has 0 spiro atoms. The summed E-state index contributed by atoms with van der Waals surface area (Å²) in [5.41, 5.74) is 1.46. The van der Waals surface area contributed by atoms with E-state index in [0.29, 0.717) is 5.92 Å². The molecule has 0 radical (unpaired) electrons. The van der Waals surface area contributed by atoms with E-state index in [4.69, 9.17) is 11.6 Å². The van der Waals surface area contributed by atoms with Crippen molar-refractivity contribution >= 4 is 21.6 Å². The molecule has 0 unspecified atom stereocenters. The fourth-order valence-corrected chi connectivity index (χ4v) is 4.90.